The number of nitrogens with zero attached hydrogens (tertiary/aromatic N) is 2. The zero-order valence-electron chi connectivity index (χ0n) is 15.3. The Balaban J connectivity index is 2.03. The molecule has 0 aliphatic rings. The monoisotopic (exact) mass is 387 g/mol. The van der Waals surface area contributed by atoms with Crippen LogP contribution in [0, 0.1) is 10.1 Å². The topological polar surface area (TPSA) is 122 Å². The van der Waals surface area contributed by atoms with Gasteiger partial charge >= 0.3 is 5.97 Å². The largest absolute Gasteiger partial charge is 0.452 e. The lowest BCUT2D eigenvalue weighted by Crippen LogP contribution is -2.31. The fourth-order valence-electron chi connectivity index (χ4n) is 2.42. The van der Waals surface area contributed by atoms with Gasteiger partial charge in [0.25, 0.3) is 11.6 Å². The van der Waals surface area contributed by atoms with E-state index < -0.39 is 23.4 Å². The number of nitrogens with one attached hydrogen (secondary N) is 1. The number of ether oxygens (including phenoxy) is 1. The molecule has 0 fully saturated rings. The van der Waals surface area contributed by atoms with Crippen LogP contribution in [0.4, 0.5) is 11.4 Å². The quantitative estimate of drug-likeness (QED) is 0.382. The zero-order chi connectivity index (χ0) is 20.5. The maximum absolute atomic E-state index is 12.4. The lowest BCUT2D eigenvalue weighted by atomic mass is 10.1. The Bertz CT molecular complexity index is 841. The third-order valence-electron chi connectivity index (χ3n) is 3.88. The molecule has 0 spiro atoms. The lowest BCUT2D eigenvalue weighted by Gasteiger charge is -2.17. The van der Waals surface area contributed by atoms with E-state index in [0.717, 1.165) is 11.6 Å². The molecule has 0 aliphatic carbocycles. The zero-order valence-corrected chi connectivity index (χ0v) is 15.3. The Hall–Kier alpha value is -3.46. The molecule has 0 radical (unpaired) electrons. The van der Waals surface area contributed by atoms with Gasteiger partial charge in [0.2, 0.25) is 0 Å². The third-order valence-corrected chi connectivity index (χ3v) is 3.88. The number of non-ortho nitro benzene ring substituents is 1. The van der Waals surface area contributed by atoms with Gasteiger partial charge in [-0.1, -0.05) is 30.3 Å². The molecule has 28 heavy (non-hydrogen) atoms. The fraction of sp³-hybridized carbons (Fsp3) is 0.263. The highest BCUT2D eigenvalue weighted by Gasteiger charge is 2.20. The van der Waals surface area contributed by atoms with E-state index in [-0.39, 0.29) is 30.1 Å². The summed E-state index contributed by atoms with van der Waals surface area (Å²) in [5.41, 5.74) is 0.837. The molecule has 0 unspecified atom stereocenters. The number of nitro benzene ring substituents is 1. The van der Waals surface area contributed by atoms with Crippen LogP contribution in [0.3, 0.4) is 0 Å². The summed E-state index contributed by atoms with van der Waals surface area (Å²) in [5, 5.41) is 22.7. The second-order valence-electron chi connectivity index (χ2n) is 5.95. The molecule has 148 valence electrons. The number of carbonyl (C=O) groups excluding carboxylic acids is 2. The van der Waals surface area contributed by atoms with Crippen molar-refractivity contribution < 1.29 is 24.4 Å². The number of likely N-dealkylation sites (N-methyl/N-ethyl adjacent to an activating group) is 1. The van der Waals surface area contributed by atoms with Gasteiger partial charge < -0.3 is 20.1 Å². The second kappa shape index (κ2) is 10.0. The number of carbonyl (C=O) groups is 2. The van der Waals surface area contributed by atoms with Crippen LogP contribution in [-0.2, 0) is 16.1 Å². The smallest absolute Gasteiger partial charge is 0.341 e. The van der Waals surface area contributed by atoms with Crippen molar-refractivity contribution in [1.82, 2.24) is 4.90 Å². The van der Waals surface area contributed by atoms with Gasteiger partial charge in [0.15, 0.2) is 6.61 Å². The van der Waals surface area contributed by atoms with Gasteiger partial charge in [-0.2, -0.15) is 0 Å². The van der Waals surface area contributed by atoms with Gasteiger partial charge in [0, 0.05) is 38.0 Å². The van der Waals surface area contributed by atoms with E-state index in [1.807, 2.05) is 30.3 Å². The summed E-state index contributed by atoms with van der Waals surface area (Å²) in [6, 6.07) is 13.0. The molecule has 0 atom stereocenters. The maximum Gasteiger partial charge on any atom is 0.341 e. The van der Waals surface area contributed by atoms with Gasteiger partial charge in [-0.15, -0.1) is 0 Å². The predicted octanol–water partition coefficient (Wildman–Crippen LogP) is 1.81. The number of esters is 1. The molecule has 2 N–H and O–H groups in total. The summed E-state index contributed by atoms with van der Waals surface area (Å²) in [6.45, 7) is -0.174. The number of hydrogen-bond acceptors (Lipinski definition) is 7. The minimum Gasteiger partial charge on any atom is -0.452 e. The molecule has 2 rings (SSSR count). The Morgan fingerprint density at radius 1 is 1.21 bits per heavy atom. The van der Waals surface area contributed by atoms with Crippen molar-refractivity contribution in [2.24, 2.45) is 0 Å². The van der Waals surface area contributed by atoms with Crippen LogP contribution in [-0.4, -0.2) is 53.6 Å². The molecule has 2 aromatic carbocycles. The van der Waals surface area contributed by atoms with Crippen molar-refractivity contribution in [3.63, 3.8) is 0 Å². The van der Waals surface area contributed by atoms with Crippen molar-refractivity contribution in [1.29, 1.82) is 0 Å². The number of benzene rings is 2. The van der Waals surface area contributed by atoms with E-state index >= 15 is 0 Å². The molecular weight excluding hydrogens is 366 g/mol. The first kappa shape index (κ1) is 20.8. The first-order chi connectivity index (χ1) is 13.4. The predicted molar refractivity (Wildman–Crippen MR) is 102 cm³/mol. The Labute approximate surface area is 161 Å². The van der Waals surface area contributed by atoms with E-state index in [0.29, 0.717) is 6.54 Å². The number of anilines is 1. The number of amides is 1. The van der Waals surface area contributed by atoms with Crippen LogP contribution in [0.15, 0.2) is 48.5 Å². The molecule has 9 heteroatoms. The lowest BCUT2D eigenvalue weighted by molar-refractivity contribution is -0.384. The van der Waals surface area contributed by atoms with Crippen molar-refractivity contribution >= 4 is 23.3 Å². The van der Waals surface area contributed by atoms with Gasteiger partial charge in [-0.25, -0.2) is 4.79 Å². The maximum atomic E-state index is 12.4. The average Bonchev–Trinajstić information content (AvgIpc) is 2.70. The Kier molecular flexibility index (Phi) is 7.46. The van der Waals surface area contributed by atoms with E-state index in [1.54, 1.807) is 7.05 Å². The van der Waals surface area contributed by atoms with Crippen LogP contribution < -0.4 is 5.32 Å². The summed E-state index contributed by atoms with van der Waals surface area (Å²) >= 11 is 0. The summed E-state index contributed by atoms with van der Waals surface area (Å²) in [4.78, 5) is 36.3. The minimum absolute atomic E-state index is 0.0823. The molecule has 0 saturated carbocycles. The second-order valence-corrected chi connectivity index (χ2v) is 5.95. The van der Waals surface area contributed by atoms with Crippen molar-refractivity contribution in [2.45, 2.75) is 6.54 Å². The van der Waals surface area contributed by atoms with Crippen LogP contribution in [0.1, 0.15) is 15.9 Å². The number of hydrogen-bond donors (Lipinski definition) is 2. The summed E-state index contributed by atoms with van der Waals surface area (Å²) in [6.07, 6.45) is 0. The standard InChI is InChI=1S/C19H21N3O6/c1-21(12-14-5-3-2-4-6-14)18(24)13-28-19(25)16-11-15(22(26)27)7-8-17(16)20-9-10-23/h2-8,11,20,23H,9-10,12-13H2,1H3. The number of aliphatic hydroxyl groups excluding tert-OH is 1. The van der Waals surface area contributed by atoms with E-state index in [9.17, 15) is 19.7 Å². The molecule has 0 bridgehead atoms. The fourth-order valence-corrected chi connectivity index (χ4v) is 2.42. The van der Waals surface area contributed by atoms with Crippen molar-refractivity contribution in [2.75, 3.05) is 32.1 Å². The summed E-state index contributed by atoms with van der Waals surface area (Å²) < 4.78 is 5.05. The molecule has 2 aromatic rings. The van der Waals surface area contributed by atoms with Crippen LogP contribution in [0.25, 0.3) is 0 Å². The summed E-state index contributed by atoms with van der Waals surface area (Å²) in [7, 11) is 1.59. The van der Waals surface area contributed by atoms with E-state index in [1.165, 1.54) is 17.0 Å². The molecule has 0 heterocycles. The number of aliphatic hydroxyl groups is 1. The highest BCUT2D eigenvalue weighted by molar-refractivity contribution is 5.97. The SMILES string of the molecule is CN(Cc1ccccc1)C(=O)COC(=O)c1cc([N+](=O)[O-])ccc1NCCO. The third kappa shape index (κ3) is 5.78. The first-order valence-electron chi connectivity index (χ1n) is 8.50. The first-order valence-corrected chi connectivity index (χ1v) is 8.50. The van der Waals surface area contributed by atoms with E-state index in [4.69, 9.17) is 9.84 Å². The average molecular weight is 387 g/mol. The minimum atomic E-state index is -0.870. The van der Waals surface area contributed by atoms with Crippen LogP contribution in [0.2, 0.25) is 0 Å². The molecule has 0 aromatic heterocycles. The van der Waals surface area contributed by atoms with Crippen LogP contribution >= 0.6 is 0 Å². The van der Waals surface area contributed by atoms with Crippen molar-refractivity contribution in [3.05, 3.63) is 69.8 Å². The Morgan fingerprint density at radius 2 is 1.93 bits per heavy atom. The molecular formula is C19H21N3O6. The number of rotatable bonds is 9. The number of nitro groups is 1. The van der Waals surface area contributed by atoms with E-state index in [2.05, 4.69) is 5.32 Å². The van der Waals surface area contributed by atoms with Crippen LogP contribution in [0.5, 0.6) is 0 Å². The van der Waals surface area contributed by atoms with Crippen molar-refractivity contribution in [3.8, 4) is 0 Å². The normalized spacial score (nSPS) is 10.2. The highest BCUT2D eigenvalue weighted by Crippen LogP contribution is 2.23. The van der Waals surface area contributed by atoms with Gasteiger partial charge in [0.1, 0.15) is 0 Å². The van der Waals surface area contributed by atoms with Gasteiger partial charge in [-0.05, 0) is 11.6 Å². The molecule has 0 saturated heterocycles. The van der Waals surface area contributed by atoms with Gasteiger partial charge in [0.05, 0.1) is 17.1 Å². The Morgan fingerprint density at radius 3 is 2.57 bits per heavy atom. The van der Waals surface area contributed by atoms with Gasteiger partial charge in [-0.3, -0.25) is 14.9 Å². The summed E-state index contributed by atoms with van der Waals surface area (Å²) in [5.74, 6) is -1.28. The molecule has 9 nitrogen and oxygen atoms in total. The molecule has 0 aliphatic heterocycles. The highest BCUT2D eigenvalue weighted by atomic mass is 16.6. The molecule has 1 amide bonds.